The van der Waals surface area contributed by atoms with Crippen molar-refractivity contribution in [1.29, 1.82) is 0 Å². The summed E-state index contributed by atoms with van der Waals surface area (Å²) in [5.74, 6) is 0.298. The van der Waals surface area contributed by atoms with Crippen molar-refractivity contribution in [2.45, 2.75) is 13.5 Å². The third-order valence-electron chi connectivity index (χ3n) is 4.21. The molecule has 0 aliphatic heterocycles. The molecule has 32 heavy (non-hydrogen) atoms. The Morgan fingerprint density at radius 3 is 2.59 bits per heavy atom. The molecule has 0 heterocycles. The molecule has 3 aromatic rings. The quantitative estimate of drug-likeness (QED) is 0.325. The summed E-state index contributed by atoms with van der Waals surface area (Å²) in [6, 6.07) is 18.3. The Bertz CT molecular complexity index is 1070. The topological polar surface area (TPSA) is 69.2 Å². The number of oxime groups is 1. The largest absolute Gasteiger partial charge is 0.490 e. The second kappa shape index (κ2) is 11.7. The normalized spacial score (nSPS) is 10.7. The van der Waals surface area contributed by atoms with Crippen molar-refractivity contribution in [3.8, 4) is 11.5 Å². The molecule has 0 aliphatic rings. The van der Waals surface area contributed by atoms with Crippen molar-refractivity contribution in [2.24, 2.45) is 5.16 Å². The first-order chi connectivity index (χ1) is 15.5. The number of hydrogen-bond donors (Lipinski definition) is 1. The van der Waals surface area contributed by atoms with Gasteiger partial charge in [0.25, 0.3) is 5.91 Å². The highest BCUT2D eigenvalue weighted by molar-refractivity contribution is 6.30. The van der Waals surface area contributed by atoms with E-state index in [0.29, 0.717) is 39.9 Å². The third kappa shape index (κ3) is 6.99. The molecule has 0 aliphatic carbocycles. The van der Waals surface area contributed by atoms with Crippen LogP contribution in [0, 0.1) is 5.82 Å². The lowest BCUT2D eigenvalue weighted by atomic mass is 10.2. The number of hydrogen-bond acceptors (Lipinski definition) is 5. The van der Waals surface area contributed by atoms with Crippen LogP contribution in [0.5, 0.6) is 11.5 Å². The average Bonchev–Trinajstić information content (AvgIpc) is 2.79. The zero-order valence-corrected chi connectivity index (χ0v) is 18.1. The number of benzene rings is 3. The van der Waals surface area contributed by atoms with Gasteiger partial charge in [0.1, 0.15) is 12.4 Å². The molecule has 3 rings (SSSR count). The van der Waals surface area contributed by atoms with Gasteiger partial charge >= 0.3 is 0 Å². The Labute approximate surface area is 190 Å². The van der Waals surface area contributed by atoms with Crippen LogP contribution in [0.25, 0.3) is 0 Å². The zero-order valence-electron chi connectivity index (χ0n) is 17.4. The van der Waals surface area contributed by atoms with Crippen LogP contribution >= 0.6 is 11.6 Å². The van der Waals surface area contributed by atoms with Crippen LogP contribution in [-0.2, 0) is 16.2 Å². The highest BCUT2D eigenvalue weighted by Crippen LogP contribution is 2.29. The highest BCUT2D eigenvalue weighted by Gasteiger charge is 2.08. The van der Waals surface area contributed by atoms with Gasteiger partial charge in [0.05, 0.1) is 12.8 Å². The van der Waals surface area contributed by atoms with Crippen LogP contribution in [0.1, 0.15) is 18.1 Å². The van der Waals surface area contributed by atoms with Gasteiger partial charge in [-0.1, -0.05) is 35.0 Å². The first-order valence-corrected chi connectivity index (χ1v) is 10.3. The molecule has 1 amide bonds. The summed E-state index contributed by atoms with van der Waals surface area (Å²) in [6.07, 6.45) is 1.46. The predicted octanol–water partition coefficient (Wildman–Crippen LogP) is 5.45. The third-order valence-corrected chi connectivity index (χ3v) is 4.46. The van der Waals surface area contributed by atoms with E-state index in [9.17, 15) is 9.18 Å². The number of ether oxygens (including phenoxy) is 2. The summed E-state index contributed by atoms with van der Waals surface area (Å²) in [4.78, 5) is 17.0. The lowest BCUT2D eigenvalue weighted by molar-refractivity contribution is -0.120. The summed E-state index contributed by atoms with van der Waals surface area (Å²) >= 11 is 5.81. The molecule has 0 saturated heterocycles. The second-order valence-corrected chi connectivity index (χ2v) is 7.02. The van der Waals surface area contributed by atoms with Crippen LogP contribution in [0.3, 0.4) is 0 Å². The summed E-state index contributed by atoms with van der Waals surface area (Å²) < 4.78 is 25.1. The standard InChI is InChI=1S/C24H22ClFN2O4/c1-2-30-23-13-17(7-12-22(23)31-15-18-5-3-4-6-21(18)26)14-27-32-16-24(29)28-20-10-8-19(25)9-11-20/h3-14H,2,15-16H2,1H3,(H,28,29). The van der Waals surface area contributed by atoms with E-state index in [1.807, 2.05) is 6.92 Å². The molecule has 3 aromatic carbocycles. The number of rotatable bonds is 10. The summed E-state index contributed by atoms with van der Waals surface area (Å²) in [6.45, 7) is 2.11. The van der Waals surface area contributed by atoms with Crippen molar-refractivity contribution in [3.05, 3.63) is 88.7 Å². The van der Waals surface area contributed by atoms with Crippen molar-refractivity contribution >= 4 is 29.4 Å². The summed E-state index contributed by atoms with van der Waals surface area (Å²) in [5.41, 5.74) is 1.75. The molecule has 166 valence electrons. The van der Waals surface area contributed by atoms with E-state index in [1.165, 1.54) is 12.3 Å². The number of amides is 1. The van der Waals surface area contributed by atoms with Crippen LogP contribution in [0.15, 0.2) is 71.9 Å². The van der Waals surface area contributed by atoms with E-state index < -0.39 is 0 Å². The molecule has 0 fully saturated rings. The smallest absolute Gasteiger partial charge is 0.265 e. The Kier molecular flexibility index (Phi) is 8.45. The molecule has 6 nitrogen and oxygen atoms in total. The number of carbonyl (C=O) groups excluding carboxylic acids is 1. The van der Waals surface area contributed by atoms with Gasteiger partial charge in [-0.2, -0.15) is 0 Å². The maximum Gasteiger partial charge on any atom is 0.265 e. The maximum absolute atomic E-state index is 13.8. The minimum absolute atomic E-state index is 0.0754. The van der Waals surface area contributed by atoms with Crippen molar-refractivity contribution < 1.29 is 23.5 Å². The van der Waals surface area contributed by atoms with Crippen molar-refractivity contribution in [3.63, 3.8) is 0 Å². The van der Waals surface area contributed by atoms with E-state index in [1.54, 1.807) is 60.7 Å². The molecule has 0 aromatic heterocycles. The monoisotopic (exact) mass is 456 g/mol. The van der Waals surface area contributed by atoms with Gasteiger partial charge in [0, 0.05) is 21.8 Å². The molecule has 0 bridgehead atoms. The second-order valence-electron chi connectivity index (χ2n) is 6.58. The van der Waals surface area contributed by atoms with Gasteiger partial charge in [-0.3, -0.25) is 4.79 Å². The Balaban J connectivity index is 1.54. The summed E-state index contributed by atoms with van der Waals surface area (Å²) in [5, 5.41) is 7.08. The molecular formula is C24H22ClFN2O4. The molecular weight excluding hydrogens is 435 g/mol. The number of halogens is 2. The van der Waals surface area contributed by atoms with Crippen LogP contribution in [0.4, 0.5) is 10.1 Å². The highest BCUT2D eigenvalue weighted by atomic mass is 35.5. The van der Waals surface area contributed by atoms with Crippen LogP contribution in [0.2, 0.25) is 5.02 Å². The Morgan fingerprint density at radius 1 is 1.06 bits per heavy atom. The first kappa shape index (κ1) is 23.1. The molecule has 0 saturated carbocycles. The van der Waals surface area contributed by atoms with Gasteiger partial charge in [-0.15, -0.1) is 0 Å². The summed E-state index contributed by atoms with van der Waals surface area (Å²) in [7, 11) is 0. The Morgan fingerprint density at radius 2 is 1.84 bits per heavy atom. The molecule has 1 N–H and O–H groups in total. The van der Waals surface area contributed by atoms with Crippen LogP contribution in [-0.4, -0.2) is 25.3 Å². The molecule has 8 heteroatoms. The van der Waals surface area contributed by atoms with Crippen LogP contribution < -0.4 is 14.8 Å². The van der Waals surface area contributed by atoms with E-state index in [2.05, 4.69) is 10.5 Å². The Hall–Kier alpha value is -3.58. The van der Waals surface area contributed by atoms with E-state index >= 15 is 0 Å². The fraction of sp³-hybridized carbons (Fsp3) is 0.167. The van der Waals surface area contributed by atoms with E-state index in [-0.39, 0.29) is 24.9 Å². The fourth-order valence-corrected chi connectivity index (χ4v) is 2.81. The van der Waals surface area contributed by atoms with Gasteiger partial charge in [-0.05, 0) is 55.5 Å². The number of nitrogens with zero attached hydrogens (tertiary/aromatic N) is 1. The fourth-order valence-electron chi connectivity index (χ4n) is 2.69. The van der Waals surface area contributed by atoms with Gasteiger partial charge in [-0.25, -0.2) is 4.39 Å². The van der Waals surface area contributed by atoms with Crippen molar-refractivity contribution in [1.82, 2.24) is 0 Å². The SMILES string of the molecule is CCOc1cc(C=NOCC(=O)Nc2ccc(Cl)cc2)ccc1OCc1ccccc1F. The zero-order chi connectivity index (χ0) is 22.8. The predicted molar refractivity (Wildman–Crippen MR) is 122 cm³/mol. The number of carbonyl (C=O) groups is 1. The van der Waals surface area contributed by atoms with Crippen molar-refractivity contribution in [2.75, 3.05) is 18.5 Å². The number of anilines is 1. The first-order valence-electron chi connectivity index (χ1n) is 9.89. The maximum atomic E-state index is 13.8. The minimum atomic E-state index is -0.351. The lowest BCUT2D eigenvalue weighted by Gasteiger charge is -2.13. The van der Waals surface area contributed by atoms with E-state index in [4.69, 9.17) is 25.9 Å². The van der Waals surface area contributed by atoms with Gasteiger partial charge < -0.3 is 19.6 Å². The van der Waals surface area contributed by atoms with E-state index in [0.717, 1.165) is 0 Å². The molecule has 0 spiro atoms. The molecule has 0 unspecified atom stereocenters. The lowest BCUT2D eigenvalue weighted by Crippen LogP contribution is -2.16. The average molecular weight is 457 g/mol. The molecule has 0 radical (unpaired) electrons. The van der Waals surface area contributed by atoms with Gasteiger partial charge in [0.2, 0.25) is 0 Å². The number of nitrogens with one attached hydrogen (secondary N) is 1. The molecule has 0 atom stereocenters. The van der Waals surface area contributed by atoms with Gasteiger partial charge in [0.15, 0.2) is 18.1 Å². The minimum Gasteiger partial charge on any atom is -0.490 e.